The van der Waals surface area contributed by atoms with Crippen molar-refractivity contribution >= 4 is 29.9 Å². The van der Waals surface area contributed by atoms with Crippen LogP contribution < -0.4 is 11.1 Å². The normalized spacial score (nSPS) is 17.0. The number of aliphatic imine (C=N–C) groups is 1. The lowest BCUT2D eigenvalue weighted by Gasteiger charge is -2.21. The molecule has 0 aromatic heterocycles. The highest BCUT2D eigenvalue weighted by Gasteiger charge is 2.12. The molecule has 0 bridgehead atoms. The Hall–Kier alpha value is -0.0400. The van der Waals surface area contributed by atoms with Crippen molar-refractivity contribution in [2.24, 2.45) is 10.7 Å². The molecule has 1 aliphatic carbocycles. The minimum absolute atomic E-state index is 0. The first-order valence-corrected chi connectivity index (χ1v) is 7.48. The highest BCUT2D eigenvalue weighted by Crippen LogP contribution is 2.20. The Labute approximate surface area is 135 Å². The van der Waals surface area contributed by atoms with Crippen molar-refractivity contribution in [2.75, 3.05) is 19.7 Å². The van der Waals surface area contributed by atoms with Crippen molar-refractivity contribution in [3.05, 3.63) is 0 Å². The molecule has 0 unspecified atom stereocenters. The van der Waals surface area contributed by atoms with E-state index in [1.54, 1.807) is 0 Å². The summed E-state index contributed by atoms with van der Waals surface area (Å²) in [6.07, 6.45) is 10.3. The van der Waals surface area contributed by atoms with E-state index in [4.69, 9.17) is 10.5 Å². The van der Waals surface area contributed by atoms with Crippen LogP contribution in [-0.4, -0.2) is 31.8 Å². The van der Waals surface area contributed by atoms with E-state index >= 15 is 0 Å². The van der Waals surface area contributed by atoms with Crippen LogP contribution in [0.2, 0.25) is 0 Å². The Bertz CT molecular complexity index is 231. The van der Waals surface area contributed by atoms with Crippen molar-refractivity contribution < 1.29 is 4.74 Å². The second kappa shape index (κ2) is 13.0. The summed E-state index contributed by atoms with van der Waals surface area (Å²) >= 11 is 0. The quantitative estimate of drug-likeness (QED) is 0.293. The smallest absolute Gasteiger partial charge is 0.188 e. The van der Waals surface area contributed by atoms with E-state index in [0.717, 1.165) is 32.5 Å². The van der Waals surface area contributed by atoms with Crippen LogP contribution in [0.1, 0.15) is 58.3 Å². The van der Waals surface area contributed by atoms with Crippen LogP contribution >= 0.6 is 24.0 Å². The van der Waals surface area contributed by atoms with E-state index in [-0.39, 0.29) is 24.0 Å². The van der Waals surface area contributed by atoms with Gasteiger partial charge in [-0.15, -0.1) is 24.0 Å². The van der Waals surface area contributed by atoms with Crippen LogP contribution in [0.5, 0.6) is 0 Å². The molecule has 4 nitrogen and oxygen atoms in total. The summed E-state index contributed by atoms with van der Waals surface area (Å²) in [6, 6.07) is 0. The number of nitrogens with one attached hydrogen (secondary N) is 1. The van der Waals surface area contributed by atoms with Gasteiger partial charge in [0, 0.05) is 19.7 Å². The van der Waals surface area contributed by atoms with Gasteiger partial charge < -0.3 is 15.8 Å². The van der Waals surface area contributed by atoms with Gasteiger partial charge in [0.25, 0.3) is 0 Å². The molecule has 0 amide bonds. The molecule has 3 N–H and O–H groups in total. The number of guanidine groups is 1. The van der Waals surface area contributed by atoms with Gasteiger partial charge in [0.2, 0.25) is 0 Å². The molecule has 0 spiro atoms. The lowest BCUT2D eigenvalue weighted by molar-refractivity contribution is 0.0281. The standard InChI is InChI=1S/C14H29N3O.HI/c1-2-3-10-16-14(15)17-11-7-12-18-13-8-5-4-6-9-13;/h13H,2-12H2,1H3,(H3,15,16,17);1H. The van der Waals surface area contributed by atoms with Crippen molar-refractivity contribution in [3.63, 3.8) is 0 Å². The van der Waals surface area contributed by atoms with Gasteiger partial charge in [-0.05, 0) is 25.7 Å². The summed E-state index contributed by atoms with van der Waals surface area (Å²) in [6.45, 7) is 4.66. The zero-order valence-corrected chi connectivity index (χ0v) is 14.5. The number of unbranched alkanes of at least 4 members (excludes halogenated alkanes) is 1. The van der Waals surface area contributed by atoms with Gasteiger partial charge in [0.15, 0.2) is 5.96 Å². The van der Waals surface area contributed by atoms with Gasteiger partial charge in [0.1, 0.15) is 0 Å². The SMILES string of the molecule is CCCCNC(N)=NCCCOC1CCCCC1.I. The highest BCUT2D eigenvalue weighted by molar-refractivity contribution is 14.0. The summed E-state index contributed by atoms with van der Waals surface area (Å²) in [7, 11) is 0. The molecule has 1 fully saturated rings. The molecule has 19 heavy (non-hydrogen) atoms. The van der Waals surface area contributed by atoms with Gasteiger partial charge in [0.05, 0.1) is 6.10 Å². The predicted octanol–water partition coefficient (Wildman–Crippen LogP) is 3.05. The van der Waals surface area contributed by atoms with Crippen LogP contribution in [0.25, 0.3) is 0 Å². The van der Waals surface area contributed by atoms with Gasteiger partial charge in [-0.2, -0.15) is 0 Å². The van der Waals surface area contributed by atoms with Crippen LogP contribution in [0.15, 0.2) is 4.99 Å². The van der Waals surface area contributed by atoms with E-state index in [1.165, 1.54) is 38.5 Å². The number of hydrogen-bond acceptors (Lipinski definition) is 2. The summed E-state index contributed by atoms with van der Waals surface area (Å²) < 4.78 is 5.83. The van der Waals surface area contributed by atoms with Gasteiger partial charge >= 0.3 is 0 Å². The molecule has 1 rings (SSSR count). The Morgan fingerprint density at radius 2 is 2.00 bits per heavy atom. The maximum Gasteiger partial charge on any atom is 0.188 e. The van der Waals surface area contributed by atoms with E-state index in [2.05, 4.69) is 17.2 Å². The fraction of sp³-hybridized carbons (Fsp3) is 0.929. The highest BCUT2D eigenvalue weighted by atomic mass is 127. The van der Waals surface area contributed by atoms with Crippen molar-refractivity contribution in [2.45, 2.75) is 64.4 Å². The zero-order chi connectivity index (χ0) is 13.1. The Morgan fingerprint density at radius 3 is 2.68 bits per heavy atom. The molecule has 0 atom stereocenters. The Kier molecular flexibility index (Phi) is 12.9. The molecule has 0 aliphatic heterocycles. The third-order valence-electron chi connectivity index (χ3n) is 3.33. The van der Waals surface area contributed by atoms with Gasteiger partial charge in [-0.1, -0.05) is 32.6 Å². The minimum atomic E-state index is 0. The summed E-state index contributed by atoms with van der Waals surface area (Å²) in [4.78, 5) is 4.28. The topological polar surface area (TPSA) is 59.6 Å². The van der Waals surface area contributed by atoms with Gasteiger partial charge in [-0.3, -0.25) is 4.99 Å². The lowest BCUT2D eigenvalue weighted by atomic mass is 9.98. The molecular formula is C14H30IN3O. The van der Waals surface area contributed by atoms with Crippen molar-refractivity contribution in [1.82, 2.24) is 5.32 Å². The fourth-order valence-corrected chi connectivity index (χ4v) is 2.19. The molecule has 0 aromatic carbocycles. The molecule has 1 saturated carbocycles. The molecule has 0 heterocycles. The number of nitrogens with zero attached hydrogens (tertiary/aromatic N) is 1. The van der Waals surface area contributed by atoms with E-state index in [9.17, 15) is 0 Å². The monoisotopic (exact) mass is 383 g/mol. The summed E-state index contributed by atoms with van der Waals surface area (Å²) in [5.41, 5.74) is 5.74. The average Bonchev–Trinajstić information content (AvgIpc) is 2.40. The molecule has 0 radical (unpaired) electrons. The number of nitrogens with two attached hydrogens (primary N) is 1. The molecule has 5 heteroatoms. The van der Waals surface area contributed by atoms with E-state index in [1.807, 2.05) is 0 Å². The number of rotatable bonds is 8. The fourth-order valence-electron chi connectivity index (χ4n) is 2.19. The number of halogens is 1. The third-order valence-corrected chi connectivity index (χ3v) is 3.33. The maximum absolute atomic E-state index is 5.83. The van der Waals surface area contributed by atoms with Crippen LogP contribution in [-0.2, 0) is 4.74 Å². The first kappa shape index (κ1) is 19.0. The molecule has 1 aliphatic rings. The molecule has 0 aromatic rings. The van der Waals surface area contributed by atoms with Crippen LogP contribution in [0.3, 0.4) is 0 Å². The number of hydrogen-bond donors (Lipinski definition) is 2. The second-order valence-corrected chi connectivity index (χ2v) is 5.03. The predicted molar refractivity (Wildman–Crippen MR) is 92.3 cm³/mol. The minimum Gasteiger partial charge on any atom is -0.378 e. The largest absolute Gasteiger partial charge is 0.378 e. The lowest BCUT2D eigenvalue weighted by Crippen LogP contribution is -2.32. The second-order valence-electron chi connectivity index (χ2n) is 5.03. The van der Waals surface area contributed by atoms with Crippen LogP contribution in [0.4, 0.5) is 0 Å². The average molecular weight is 383 g/mol. The molecule has 114 valence electrons. The first-order valence-electron chi connectivity index (χ1n) is 7.48. The van der Waals surface area contributed by atoms with Crippen molar-refractivity contribution in [1.29, 1.82) is 0 Å². The van der Waals surface area contributed by atoms with E-state index < -0.39 is 0 Å². The Balaban J connectivity index is 0.00000324. The molecule has 0 saturated heterocycles. The number of ether oxygens (including phenoxy) is 1. The van der Waals surface area contributed by atoms with E-state index in [0.29, 0.717) is 12.1 Å². The maximum atomic E-state index is 5.83. The molecular weight excluding hydrogens is 353 g/mol. The van der Waals surface area contributed by atoms with Gasteiger partial charge in [-0.25, -0.2) is 0 Å². The van der Waals surface area contributed by atoms with Crippen molar-refractivity contribution in [3.8, 4) is 0 Å². The zero-order valence-electron chi connectivity index (χ0n) is 12.2. The third kappa shape index (κ3) is 10.4. The first-order chi connectivity index (χ1) is 8.83. The summed E-state index contributed by atoms with van der Waals surface area (Å²) in [5, 5.41) is 3.11. The summed E-state index contributed by atoms with van der Waals surface area (Å²) in [5.74, 6) is 0.570. The Morgan fingerprint density at radius 1 is 1.26 bits per heavy atom. The van der Waals surface area contributed by atoms with Crippen LogP contribution in [0, 0.1) is 0 Å².